The van der Waals surface area contributed by atoms with Crippen LogP contribution in [0.25, 0.3) is 132 Å². The highest BCUT2D eigenvalue weighted by Crippen LogP contribution is 2.42. The molecule has 0 fully saturated rings. The van der Waals surface area contributed by atoms with Gasteiger partial charge in [-0.15, -0.1) is 11.3 Å². The van der Waals surface area contributed by atoms with E-state index in [4.69, 9.17) is 23.8 Å². The fourth-order valence-corrected chi connectivity index (χ4v) is 10.1. The number of para-hydroxylation sites is 4. The van der Waals surface area contributed by atoms with Gasteiger partial charge in [-0.05, 0) is 70.8 Å². The van der Waals surface area contributed by atoms with E-state index in [1.807, 2.05) is 36.5 Å². The topological polar surface area (TPSA) is 77.8 Å². The lowest BCUT2D eigenvalue weighted by atomic mass is 9.94. The van der Waals surface area contributed by atoms with Crippen LogP contribution in [0.15, 0.2) is 203 Å². The fourth-order valence-electron chi connectivity index (χ4n) is 8.99. The van der Waals surface area contributed by atoms with Crippen LogP contribution in [0.4, 0.5) is 0 Å². The van der Waals surface area contributed by atoms with Crippen LogP contribution in [0.5, 0.6) is 0 Å². The van der Waals surface area contributed by atoms with E-state index >= 15 is 0 Å². The number of furan rings is 2. The average Bonchev–Trinajstić information content (AvgIpc) is 4.05. The van der Waals surface area contributed by atoms with Crippen LogP contribution >= 0.6 is 11.3 Å². The minimum atomic E-state index is 0.555. The molecule has 0 aliphatic heterocycles. The summed E-state index contributed by atoms with van der Waals surface area (Å²) in [6.07, 6.45) is 3.66. The van der Waals surface area contributed by atoms with Crippen molar-refractivity contribution in [2.75, 3.05) is 0 Å². The Kier molecular flexibility index (Phi) is 7.98. The predicted octanol–water partition coefficient (Wildman–Crippen LogP) is 15.4. The lowest BCUT2D eigenvalue weighted by Crippen LogP contribution is -2.00. The van der Waals surface area contributed by atoms with E-state index in [0.717, 1.165) is 93.9 Å². The molecule has 8 aromatic carbocycles. The second-order valence-corrected chi connectivity index (χ2v) is 16.9. The van der Waals surface area contributed by atoms with Gasteiger partial charge < -0.3 is 8.83 Å². The molecule has 0 saturated heterocycles. The Hall–Kier alpha value is -8.26. The highest BCUT2D eigenvalue weighted by molar-refractivity contribution is 7.25. The molecule has 5 aromatic heterocycles. The van der Waals surface area contributed by atoms with Crippen molar-refractivity contribution in [2.24, 2.45) is 0 Å². The van der Waals surface area contributed by atoms with Crippen LogP contribution in [0.3, 0.4) is 0 Å². The van der Waals surface area contributed by atoms with Gasteiger partial charge in [-0.1, -0.05) is 133 Å². The first-order valence-electron chi connectivity index (χ1n) is 20.8. The molecule has 0 aliphatic rings. The second-order valence-electron chi connectivity index (χ2n) is 15.8. The highest BCUT2D eigenvalue weighted by Gasteiger charge is 2.20. The Labute approximate surface area is 364 Å². The van der Waals surface area contributed by atoms with E-state index in [-0.39, 0.29) is 0 Å². The molecular formula is C56H32N4O2S. The van der Waals surface area contributed by atoms with Crippen molar-refractivity contribution in [3.63, 3.8) is 0 Å². The van der Waals surface area contributed by atoms with Crippen LogP contribution in [-0.4, -0.2) is 19.9 Å². The number of rotatable bonds is 6. The summed E-state index contributed by atoms with van der Waals surface area (Å²) < 4.78 is 15.7. The third kappa shape index (κ3) is 5.93. The average molecular weight is 825 g/mol. The van der Waals surface area contributed by atoms with E-state index in [9.17, 15) is 0 Å². The van der Waals surface area contributed by atoms with Gasteiger partial charge in [0.1, 0.15) is 22.3 Å². The first kappa shape index (κ1) is 35.5. The van der Waals surface area contributed by atoms with Crippen molar-refractivity contribution < 1.29 is 8.83 Å². The first-order valence-corrected chi connectivity index (χ1v) is 21.7. The largest absolute Gasteiger partial charge is 0.455 e. The molecule has 0 amide bonds. The Bertz CT molecular complexity index is 3790. The van der Waals surface area contributed by atoms with Crippen LogP contribution in [0, 0.1) is 0 Å². The molecule has 0 N–H and O–H groups in total. The monoisotopic (exact) mass is 824 g/mol. The van der Waals surface area contributed by atoms with Crippen LogP contribution < -0.4 is 0 Å². The molecule has 294 valence electrons. The summed E-state index contributed by atoms with van der Waals surface area (Å²) in [5.74, 6) is 1.73. The molecule has 0 unspecified atom stereocenters. The number of hydrogen-bond acceptors (Lipinski definition) is 7. The Morgan fingerprint density at radius 3 is 1.51 bits per heavy atom. The molecule has 0 spiro atoms. The normalized spacial score (nSPS) is 11.8. The number of nitrogens with zero attached hydrogens (tertiary/aromatic N) is 4. The zero-order valence-electron chi connectivity index (χ0n) is 33.5. The number of thiophene rings is 1. The molecule has 5 heterocycles. The molecule has 13 aromatic rings. The van der Waals surface area contributed by atoms with Crippen molar-refractivity contribution in [2.45, 2.75) is 0 Å². The maximum absolute atomic E-state index is 6.63. The van der Waals surface area contributed by atoms with Gasteiger partial charge in [0.25, 0.3) is 0 Å². The minimum Gasteiger partial charge on any atom is -0.455 e. The molecule has 63 heavy (non-hydrogen) atoms. The lowest BCUT2D eigenvalue weighted by molar-refractivity contribution is 0.670. The van der Waals surface area contributed by atoms with Crippen LogP contribution in [-0.2, 0) is 0 Å². The third-order valence-corrected chi connectivity index (χ3v) is 13.2. The SMILES string of the molecule is c1cncc(-c2ccc(-c3nc(-c4cc(-c5cccc6c5oc5ccccc56)cc(-c5cccc6c5oc5ccccc56)c4)nc(-c4ccc5c(c4)sc4ccccc45)n3)cc2)c1. The van der Waals surface area contributed by atoms with Crippen molar-refractivity contribution in [3.05, 3.63) is 194 Å². The zero-order chi connectivity index (χ0) is 41.4. The van der Waals surface area contributed by atoms with Gasteiger partial charge in [0.05, 0.1) is 0 Å². The van der Waals surface area contributed by atoms with Gasteiger partial charge in [-0.2, -0.15) is 0 Å². The van der Waals surface area contributed by atoms with Crippen molar-refractivity contribution >= 4 is 75.4 Å². The molecule has 0 bridgehead atoms. The zero-order valence-corrected chi connectivity index (χ0v) is 34.3. The van der Waals surface area contributed by atoms with Crippen molar-refractivity contribution in [3.8, 4) is 67.5 Å². The molecule has 0 atom stereocenters. The van der Waals surface area contributed by atoms with Gasteiger partial charge in [0.15, 0.2) is 17.5 Å². The summed E-state index contributed by atoms with van der Waals surface area (Å²) >= 11 is 1.78. The van der Waals surface area contributed by atoms with Crippen LogP contribution in [0.2, 0.25) is 0 Å². The van der Waals surface area contributed by atoms with Gasteiger partial charge in [0, 0.05) is 81.9 Å². The maximum atomic E-state index is 6.63. The number of pyridine rings is 1. The summed E-state index contributed by atoms with van der Waals surface area (Å²) in [6, 6.07) is 63.1. The first-order chi connectivity index (χ1) is 31.2. The van der Waals surface area contributed by atoms with Gasteiger partial charge in [-0.25, -0.2) is 15.0 Å². The Morgan fingerprint density at radius 1 is 0.333 bits per heavy atom. The molecule has 6 nitrogen and oxygen atoms in total. The van der Waals surface area contributed by atoms with E-state index in [1.165, 1.54) is 20.2 Å². The summed E-state index contributed by atoms with van der Waals surface area (Å²) in [5, 5.41) is 6.75. The predicted molar refractivity (Wildman–Crippen MR) is 258 cm³/mol. The quantitative estimate of drug-likeness (QED) is 0.166. The number of benzene rings is 8. The van der Waals surface area contributed by atoms with E-state index < -0.39 is 0 Å². The van der Waals surface area contributed by atoms with Gasteiger partial charge in [0.2, 0.25) is 0 Å². The Morgan fingerprint density at radius 2 is 0.857 bits per heavy atom. The summed E-state index contributed by atoms with van der Waals surface area (Å²) in [5.41, 5.74) is 12.0. The number of aromatic nitrogens is 4. The second kappa shape index (κ2) is 14.2. The van der Waals surface area contributed by atoms with E-state index in [0.29, 0.717) is 17.5 Å². The molecular weight excluding hydrogens is 793 g/mol. The molecule has 0 radical (unpaired) electrons. The molecule has 7 heteroatoms. The van der Waals surface area contributed by atoms with Crippen molar-refractivity contribution in [1.29, 1.82) is 0 Å². The molecule has 0 aliphatic carbocycles. The van der Waals surface area contributed by atoms with Crippen molar-refractivity contribution in [1.82, 2.24) is 19.9 Å². The third-order valence-electron chi connectivity index (χ3n) is 12.0. The molecule has 13 rings (SSSR count). The standard InChI is InChI=1S/C56H32N4O2S/c1-4-18-48-42(11-1)46-16-7-14-40(52(46)61-48)37-28-38(41-15-8-17-47-43-12-2-5-19-49(43)62-53(41)47)30-39(29-37)56-59-54(34-23-21-33(22-24-34)36-10-9-27-57-32-36)58-55(60-56)35-25-26-45-44-13-3-6-20-50(44)63-51(45)31-35/h1-32H. The molecule has 0 saturated carbocycles. The van der Waals surface area contributed by atoms with Gasteiger partial charge >= 0.3 is 0 Å². The summed E-state index contributed by atoms with van der Waals surface area (Å²) in [7, 11) is 0. The van der Waals surface area contributed by atoms with Gasteiger partial charge in [-0.3, -0.25) is 4.98 Å². The lowest BCUT2D eigenvalue weighted by Gasteiger charge is -2.13. The fraction of sp³-hybridized carbons (Fsp3) is 0. The smallest absolute Gasteiger partial charge is 0.164 e. The highest BCUT2D eigenvalue weighted by atomic mass is 32.1. The van der Waals surface area contributed by atoms with E-state index in [1.54, 1.807) is 17.5 Å². The summed E-state index contributed by atoms with van der Waals surface area (Å²) in [6.45, 7) is 0. The Balaban J connectivity index is 1.05. The van der Waals surface area contributed by atoms with Crippen LogP contribution in [0.1, 0.15) is 0 Å². The minimum absolute atomic E-state index is 0.555. The maximum Gasteiger partial charge on any atom is 0.164 e. The number of fused-ring (bicyclic) bond motifs is 9. The summed E-state index contributed by atoms with van der Waals surface area (Å²) in [4.78, 5) is 20.1. The number of hydrogen-bond donors (Lipinski definition) is 0. The van der Waals surface area contributed by atoms with E-state index in [2.05, 4.69) is 157 Å².